The summed E-state index contributed by atoms with van der Waals surface area (Å²) in [6.45, 7) is 9.81. The fourth-order valence-electron chi connectivity index (χ4n) is 12.0. The maximum absolute atomic E-state index is 13.8. The molecule has 16 atom stereocenters. The lowest BCUT2D eigenvalue weighted by atomic mass is 9.37. The van der Waals surface area contributed by atoms with Crippen molar-refractivity contribution in [3.05, 3.63) is 24.0 Å². The lowest BCUT2D eigenvalue weighted by Crippen LogP contribution is -2.78. The van der Waals surface area contributed by atoms with Gasteiger partial charge < -0.3 is 53.2 Å². The van der Waals surface area contributed by atoms with E-state index in [0.29, 0.717) is 12.0 Å². The number of allylic oxidation sites excluding steroid dienone is 1. The lowest BCUT2D eigenvalue weighted by molar-refractivity contribution is -0.314. The number of hydrogen-bond acceptors (Lipinski definition) is 14. The van der Waals surface area contributed by atoms with Gasteiger partial charge in [0.25, 0.3) is 5.79 Å². The van der Waals surface area contributed by atoms with E-state index in [9.17, 15) is 29.7 Å². The van der Waals surface area contributed by atoms with Gasteiger partial charge >= 0.3 is 17.9 Å². The number of esters is 3. The first-order chi connectivity index (χ1) is 22.5. The number of aliphatic hydroxyl groups excluding tert-OH is 1. The van der Waals surface area contributed by atoms with Crippen LogP contribution in [0.15, 0.2) is 24.0 Å². The van der Waals surface area contributed by atoms with Crippen LogP contribution >= 0.6 is 0 Å². The molecule has 0 radical (unpaired) electrons. The van der Waals surface area contributed by atoms with Gasteiger partial charge in [0, 0.05) is 52.9 Å². The Bertz CT molecular complexity index is 1540. The second-order valence-corrected chi connectivity index (χ2v) is 15.7. The summed E-state index contributed by atoms with van der Waals surface area (Å²) in [5, 5.41) is 37.2. The average Bonchev–Trinajstić information content (AvgIpc) is 3.37. The molecule has 264 valence electrons. The number of fused-ring (bicyclic) bond motifs is 7. The van der Waals surface area contributed by atoms with Gasteiger partial charge in [0.1, 0.15) is 23.4 Å². The molecular weight excluding hydrogens is 632 g/mol. The number of aliphatic hydroxyl groups is 3. The van der Waals surface area contributed by atoms with Crippen molar-refractivity contribution in [2.24, 2.45) is 34.0 Å². The molecule has 8 aliphatic rings. The first-order valence-electron chi connectivity index (χ1n) is 16.6. The monoisotopic (exact) mass is 676 g/mol. The van der Waals surface area contributed by atoms with Crippen LogP contribution in [0.4, 0.5) is 0 Å². The van der Waals surface area contributed by atoms with Crippen LogP contribution in [0.3, 0.4) is 0 Å². The van der Waals surface area contributed by atoms with Crippen LogP contribution in [-0.2, 0) is 52.3 Å². The molecule has 0 aromatic carbocycles. The van der Waals surface area contributed by atoms with Crippen LogP contribution < -0.4 is 0 Å². The van der Waals surface area contributed by atoms with Crippen LogP contribution in [0.2, 0.25) is 0 Å². The Morgan fingerprint density at radius 3 is 2.42 bits per heavy atom. The van der Waals surface area contributed by atoms with E-state index < -0.39 is 111 Å². The Balaban J connectivity index is 1.37. The quantitative estimate of drug-likeness (QED) is 0.159. The second-order valence-electron chi connectivity index (χ2n) is 15.7. The Hall–Kier alpha value is -2.59. The molecule has 14 heteroatoms. The van der Waals surface area contributed by atoms with E-state index in [-0.39, 0.29) is 19.6 Å². The van der Waals surface area contributed by atoms with Crippen molar-refractivity contribution in [3.8, 4) is 0 Å². The summed E-state index contributed by atoms with van der Waals surface area (Å²) in [5.41, 5.74) is -7.75. The van der Waals surface area contributed by atoms with Crippen LogP contribution in [0.5, 0.6) is 0 Å². The lowest BCUT2D eigenvalue weighted by Gasteiger charge is -2.66. The molecule has 3 saturated carbocycles. The molecular formula is C34H44O14. The minimum Gasteiger partial charge on any atom is -0.469 e. The first kappa shape index (κ1) is 32.6. The van der Waals surface area contributed by atoms with Gasteiger partial charge in [0.15, 0.2) is 5.60 Å². The summed E-state index contributed by atoms with van der Waals surface area (Å²) < 4.78 is 48.9. The number of ether oxygens (including phenoxy) is 8. The molecule has 5 heterocycles. The Labute approximate surface area is 277 Å². The van der Waals surface area contributed by atoms with E-state index in [1.165, 1.54) is 13.2 Å². The highest BCUT2D eigenvalue weighted by molar-refractivity contribution is 5.88. The highest BCUT2D eigenvalue weighted by Gasteiger charge is 2.96. The van der Waals surface area contributed by atoms with Crippen molar-refractivity contribution in [2.45, 2.75) is 114 Å². The van der Waals surface area contributed by atoms with Gasteiger partial charge in [-0.3, -0.25) is 4.79 Å². The van der Waals surface area contributed by atoms with Crippen LogP contribution in [0.25, 0.3) is 0 Å². The Kier molecular flexibility index (Phi) is 6.52. The number of rotatable bonds is 5. The molecule has 0 unspecified atom stereocenters. The molecule has 2 bridgehead atoms. The molecule has 1 spiro atoms. The van der Waals surface area contributed by atoms with Gasteiger partial charge in [-0.05, 0) is 33.3 Å². The largest absolute Gasteiger partial charge is 0.469 e. The summed E-state index contributed by atoms with van der Waals surface area (Å²) in [6, 6.07) is 0. The fraction of sp³-hybridized carbons (Fsp3) is 0.794. The molecule has 0 amide bonds. The van der Waals surface area contributed by atoms with Crippen LogP contribution in [-0.4, -0.2) is 113 Å². The smallest absolute Gasteiger partial charge is 0.366 e. The summed E-state index contributed by atoms with van der Waals surface area (Å²) in [4.78, 5) is 39.8. The fourth-order valence-corrected chi connectivity index (χ4v) is 12.0. The third kappa shape index (κ3) is 3.32. The topological polar surface area (TPSA) is 189 Å². The second kappa shape index (κ2) is 9.59. The van der Waals surface area contributed by atoms with Gasteiger partial charge in [-0.25, -0.2) is 9.59 Å². The highest BCUT2D eigenvalue weighted by atomic mass is 16.7. The van der Waals surface area contributed by atoms with Gasteiger partial charge in [-0.15, -0.1) is 0 Å². The molecule has 8 rings (SSSR count). The summed E-state index contributed by atoms with van der Waals surface area (Å²) in [7, 11) is 1.13. The van der Waals surface area contributed by atoms with Crippen molar-refractivity contribution < 1.29 is 67.6 Å². The SMILES string of the molecule is C/C=C(\C)C(=O)O[C@H]1C[C@@H](OC(C)=O)[C@@]2(C)CO[C@H]3[C@@H](O)[C@@](C)([C@]45O[C@@]4(C)[C@H]4C[C@H]5O[C@@H]5OC=C[C@@]54O)[C@H]4[C@]1(CO[C@]4(O)C(=O)OC)[C@@H]32. The average molecular weight is 677 g/mol. The maximum atomic E-state index is 13.8. The number of epoxide rings is 1. The Morgan fingerprint density at radius 1 is 1.02 bits per heavy atom. The molecule has 48 heavy (non-hydrogen) atoms. The molecule has 0 aromatic heterocycles. The maximum Gasteiger partial charge on any atom is 0.366 e. The van der Waals surface area contributed by atoms with Gasteiger partial charge in [-0.2, -0.15) is 0 Å². The Morgan fingerprint density at radius 2 is 1.75 bits per heavy atom. The minimum absolute atomic E-state index is 0.00280. The summed E-state index contributed by atoms with van der Waals surface area (Å²) in [6.07, 6.45) is -1.21. The normalized spacial score (nSPS) is 56.7. The number of hydrogen-bond donors (Lipinski definition) is 3. The van der Waals surface area contributed by atoms with E-state index in [1.807, 2.05) is 13.8 Å². The molecule has 5 aliphatic heterocycles. The van der Waals surface area contributed by atoms with E-state index in [0.717, 1.165) is 7.11 Å². The molecule has 0 aromatic rings. The molecule has 7 fully saturated rings. The zero-order chi connectivity index (χ0) is 34.6. The third-order valence-corrected chi connectivity index (χ3v) is 14.0. The van der Waals surface area contributed by atoms with Gasteiger partial charge in [-0.1, -0.05) is 19.9 Å². The standard InChI is InChI=1S/C34H44O14/c1-8-15(2)24(37)46-19-12-18(45-16(3)35)28(4)13-43-21-22(28)31(19)14-44-33(40,26(38)41-7)25(31)29(5,23(21)36)34-20-11-17(30(34,6)48-34)32(39)9-10-42-27(32)47-20/h8-10,17-23,25,27,36,39-40H,11-14H2,1-7H3/b15-8+/t17-,18-,19+,20-,21-,22+,23-,25+,27+,28-,29-,30+,31+,32+,33+,34+/m1/s1. The van der Waals surface area contributed by atoms with E-state index in [1.54, 1.807) is 32.9 Å². The van der Waals surface area contributed by atoms with Crippen molar-refractivity contribution in [3.63, 3.8) is 0 Å². The van der Waals surface area contributed by atoms with Crippen molar-refractivity contribution in [1.82, 2.24) is 0 Å². The molecule has 3 N–H and O–H groups in total. The molecule has 3 aliphatic carbocycles. The predicted octanol–water partition coefficient (Wildman–Crippen LogP) is 0.644. The summed E-state index contributed by atoms with van der Waals surface area (Å²) in [5.74, 6) is -7.58. The van der Waals surface area contributed by atoms with Crippen LogP contribution in [0, 0.1) is 34.0 Å². The first-order valence-corrected chi connectivity index (χ1v) is 16.6. The number of carbonyl (C=O) groups excluding carboxylic acids is 3. The minimum atomic E-state index is -2.66. The molecule has 4 saturated heterocycles. The van der Waals surface area contributed by atoms with Crippen molar-refractivity contribution in [1.29, 1.82) is 0 Å². The highest BCUT2D eigenvalue weighted by Crippen LogP contribution is 2.82. The van der Waals surface area contributed by atoms with Crippen LogP contribution in [0.1, 0.15) is 54.4 Å². The zero-order valence-corrected chi connectivity index (χ0v) is 28.1. The number of methoxy groups -OCH3 is 1. The third-order valence-electron chi connectivity index (χ3n) is 14.0. The van der Waals surface area contributed by atoms with Gasteiger partial charge in [0.2, 0.25) is 6.29 Å². The van der Waals surface area contributed by atoms with E-state index in [2.05, 4.69) is 0 Å². The van der Waals surface area contributed by atoms with Gasteiger partial charge in [0.05, 0.1) is 44.9 Å². The van der Waals surface area contributed by atoms with Crippen molar-refractivity contribution >= 4 is 17.9 Å². The summed E-state index contributed by atoms with van der Waals surface area (Å²) >= 11 is 0. The number of carbonyl (C=O) groups is 3. The van der Waals surface area contributed by atoms with E-state index >= 15 is 0 Å². The molecule has 14 nitrogen and oxygen atoms in total. The van der Waals surface area contributed by atoms with E-state index in [4.69, 9.17) is 37.9 Å². The predicted molar refractivity (Wildman–Crippen MR) is 158 cm³/mol. The van der Waals surface area contributed by atoms with Crippen molar-refractivity contribution in [2.75, 3.05) is 20.3 Å². The zero-order valence-electron chi connectivity index (χ0n) is 28.1.